The molecule has 1 aliphatic rings. The quantitative estimate of drug-likeness (QED) is 0.695. The second-order valence-electron chi connectivity index (χ2n) is 6.01. The molecule has 0 aromatic heterocycles. The van der Waals surface area contributed by atoms with E-state index in [2.05, 4.69) is 39.8 Å². The summed E-state index contributed by atoms with van der Waals surface area (Å²) >= 11 is 0. The molecule has 1 N–H and O–H groups in total. The Labute approximate surface area is 101 Å². The van der Waals surface area contributed by atoms with Gasteiger partial charge in [0.2, 0.25) is 0 Å². The van der Waals surface area contributed by atoms with Gasteiger partial charge < -0.3 is 5.11 Å². The van der Waals surface area contributed by atoms with Crippen LogP contribution in [0.25, 0.3) is 0 Å². The highest BCUT2D eigenvalue weighted by Crippen LogP contribution is 2.47. The minimum atomic E-state index is -0.136. The molecule has 0 bridgehead atoms. The lowest BCUT2D eigenvalue weighted by atomic mass is 9.76. The zero-order valence-electron chi connectivity index (χ0n) is 11.4. The summed E-state index contributed by atoms with van der Waals surface area (Å²) in [6.45, 7) is 9.23. The largest absolute Gasteiger partial charge is 0.393 e. The smallest absolute Gasteiger partial charge is 0.0574 e. The van der Waals surface area contributed by atoms with Crippen LogP contribution in [0.2, 0.25) is 0 Å². The fourth-order valence-corrected chi connectivity index (χ4v) is 2.73. The monoisotopic (exact) mass is 224 g/mol. The van der Waals surface area contributed by atoms with E-state index in [1.807, 2.05) is 0 Å². The summed E-state index contributed by atoms with van der Waals surface area (Å²) in [7, 11) is 0. The van der Waals surface area contributed by atoms with E-state index in [4.69, 9.17) is 0 Å². The summed E-state index contributed by atoms with van der Waals surface area (Å²) in [4.78, 5) is 0. The van der Waals surface area contributed by atoms with Gasteiger partial charge in [0.25, 0.3) is 0 Å². The highest BCUT2D eigenvalue weighted by atomic mass is 16.3. The van der Waals surface area contributed by atoms with Crippen LogP contribution >= 0.6 is 0 Å². The first-order chi connectivity index (χ1) is 7.48. The Bertz CT molecular complexity index is 230. The lowest BCUT2D eigenvalue weighted by molar-refractivity contribution is 0.166. The van der Waals surface area contributed by atoms with E-state index in [0.717, 1.165) is 25.2 Å². The molecular formula is C15H28O. The Hall–Kier alpha value is -0.300. The van der Waals surface area contributed by atoms with Crippen LogP contribution in [0.1, 0.15) is 59.8 Å². The fraction of sp³-hybridized carbons (Fsp3) is 0.867. The molecular weight excluding hydrogens is 196 g/mol. The normalized spacial score (nSPS) is 31.1. The molecule has 3 atom stereocenters. The van der Waals surface area contributed by atoms with E-state index in [1.165, 1.54) is 12.8 Å². The number of aliphatic hydroxyl groups is 1. The Morgan fingerprint density at radius 1 is 1.38 bits per heavy atom. The molecule has 0 radical (unpaired) electrons. The van der Waals surface area contributed by atoms with E-state index in [-0.39, 0.29) is 6.10 Å². The number of aliphatic hydroxyl groups excluding tert-OH is 1. The van der Waals surface area contributed by atoms with Crippen molar-refractivity contribution in [3.8, 4) is 0 Å². The molecule has 0 aromatic carbocycles. The maximum atomic E-state index is 9.65. The zero-order chi connectivity index (χ0) is 12.2. The van der Waals surface area contributed by atoms with Crippen molar-refractivity contribution in [1.29, 1.82) is 0 Å². The summed E-state index contributed by atoms with van der Waals surface area (Å²) in [5, 5.41) is 9.65. The molecule has 0 spiro atoms. The molecule has 1 saturated carbocycles. The molecule has 3 unspecified atom stereocenters. The molecule has 0 aromatic rings. The molecule has 0 saturated heterocycles. The van der Waals surface area contributed by atoms with Crippen molar-refractivity contribution in [2.24, 2.45) is 17.3 Å². The van der Waals surface area contributed by atoms with Crippen molar-refractivity contribution in [3.05, 3.63) is 12.2 Å². The average Bonchev–Trinajstić information content (AvgIpc) is 2.45. The molecule has 1 aliphatic carbocycles. The number of hydrogen-bond donors (Lipinski definition) is 1. The van der Waals surface area contributed by atoms with Gasteiger partial charge in [0.05, 0.1) is 6.10 Å². The van der Waals surface area contributed by atoms with E-state index in [0.29, 0.717) is 11.3 Å². The third kappa shape index (κ3) is 3.35. The van der Waals surface area contributed by atoms with Gasteiger partial charge in [-0.15, -0.1) is 0 Å². The number of hydrogen-bond acceptors (Lipinski definition) is 1. The molecule has 1 fully saturated rings. The lowest BCUT2D eigenvalue weighted by Gasteiger charge is -2.29. The predicted molar refractivity (Wildman–Crippen MR) is 70.3 cm³/mol. The summed E-state index contributed by atoms with van der Waals surface area (Å²) in [6.07, 6.45) is 9.90. The van der Waals surface area contributed by atoms with Crippen LogP contribution in [0.3, 0.4) is 0 Å². The summed E-state index contributed by atoms with van der Waals surface area (Å²) in [6, 6.07) is 0. The highest BCUT2D eigenvalue weighted by molar-refractivity contribution is 5.01. The molecule has 0 heterocycles. The number of allylic oxidation sites excluding steroid dienone is 1. The van der Waals surface area contributed by atoms with Crippen molar-refractivity contribution < 1.29 is 5.11 Å². The molecule has 0 amide bonds. The standard InChI is InChI=1S/C15H28O/c1-5-7-14(16)9-6-8-13-11-10-12(2)15(13,3)4/h6,8,12-14,16H,5,7,9-11H2,1-4H3. The average molecular weight is 224 g/mol. The third-order valence-electron chi connectivity index (χ3n) is 4.53. The van der Waals surface area contributed by atoms with Crippen LogP contribution in [-0.4, -0.2) is 11.2 Å². The number of rotatable bonds is 5. The Kier molecular flexibility index (Phi) is 5.04. The Morgan fingerprint density at radius 3 is 2.56 bits per heavy atom. The van der Waals surface area contributed by atoms with Gasteiger partial charge in [0.1, 0.15) is 0 Å². The van der Waals surface area contributed by atoms with Gasteiger partial charge in [-0.05, 0) is 42.9 Å². The second-order valence-corrected chi connectivity index (χ2v) is 6.01. The zero-order valence-corrected chi connectivity index (χ0v) is 11.4. The second kappa shape index (κ2) is 5.86. The molecule has 16 heavy (non-hydrogen) atoms. The third-order valence-corrected chi connectivity index (χ3v) is 4.53. The van der Waals surface area contributed by atoms with Crippen molar-refractivity contribution in [2.75, 3.05) is 0 Å². The van der Waals surface area contributed by atoms with Gasteiger partial charge in [-0.2, -0.15) is 0 Å². The van der Waals surface area contributed by atoms with Crippen molar-refractivity contribution in [1.82, 2.24) is 0 Å². The first-order valence-corrected chi connectivity index (χ1v) is 6.83. The van der Waals surface area contributed by atoms with E-state index >= 15 is 0 Å². The Morgan fingerprint density at radius 2 is 2.06 bits per heavy atom. The maximum absolute atomic E-state index is 9.65. The first-order valence-electron chi connectivity index (χ1n) is 6.83. The van der Waals surface area contributed by atoms with Crippen LogP contribution in [-0.2, 0) is 0 Å². The highest BCUT2D eigenvalue weighted by Gasteiger charge is 2.38. The molecule has 1 rings (SSSR count). The SMILES string of the molecule is CCCC(O)CC=CC1CCC(C)C1(C)C. The van der Waals surface area contributed by atoms with Gasteiger partial charge in [0.15, 0.2) is 0 Å². The topological polar surface area (TPSA) is 20.2 Å². The van der Waals surface area contributed by atoms with Gasteiger partial charge >= 0.3 is 0 Å². The molecule has 94 valence electrons. The van der Waals surface area contributed by atoms with Crippen molar-refractivity contribution in [3.63, 3.8) is 0 Å². The summed E-state index contributed by atoms with van der Waals surface area (Å²) < 4.78 is 0. The van der Waals surface area contributed by atoms with E-state index in [9.17, 15) is 5.11 Å². The molecule has 1 heteroatoms. The Balaban J connectivity index is 2.40. The van der Waals surface area contributed by atoms with Crippen LogP contribution < -0.4 is 0 Å². The van der Waals surface area contributed by atoms with E-state index in [1.54, 1.807) is 0 Å². The summed E-state index contributed by atoms with van der Waals surface area (Å²) in [5.41, 5.74) is 0.437. The minimum absolute atomic E-state index is 0.136. The van der Waals surface area contributed by atoms with Crippen LogP contribution in [0.5, 0.6) is 0 Å². The van der Waals surface area contributed by atoms with Gasteiger partial charge in [-0.1, -0.05) is 46.3 Å². The summed E-state index contributed by atoms with van der Waals surface area (Å²) in [5.74, 6) is 1.53. The van der Waals surface area contributed by atoms with Crippen LogP contribution in [0.15, 0.2) is 12.2 Å². The fourth-order valence-electron chi connectivity index (χ4n) is 2.73. The van der Waals surface area contributed by atoms with Crippen LogP contribution in [0.4, 0.5) is 0 Å². The predicted octanol–water partition coefficient (Wildman–Crippen LogP) is 4.17. The van der Waals surface area contributed by atoms with Gasteiger partial charge in [-0.3, -0.25) is 0 Å². The van der Waals surface area contributed by atoms with Crippen molar-refractivity contribution >= 4 is 0 Å². The lowest BCUT2D eigenvalue weighted by Crippen LogP contribution is -2.21. The van der Waals surface area contributed by atoms with Gasteiger partial charge in [0, 0.05) is 0 Å². The molecule has 0 aliphatic heterocycles. The maximum Gasteiger partial charge on any atom is 0.0574 e. The van der Waals surface area contributed by atoms with Gasteiger partial charge in [-0.25, -0.2) is 0 Å². The van der Waals surface area contributed by atoms with E-state index < -0.39 is 0 Å². The van der Waals surface area contributed by atoms with Crippen LogP contribution in [0, 0.1) is 17.3 Å². The molecule has 1 nitrogen and oxygen atoms in total. The van der Waals surface area contributed by atoms with Crippen molar-refractivity contribution in [2.45, 2.75) is 65.9 Å². The first kappa shape index (κ1) is 13.8. The minimum Gasteiger partial charge on any atom is -0.393 e.